The molecule has 16 heavy (non-hydrogen) atoms. The first-order valence-corrected chi connectivity index (χ1v) is 6.28. The van der Waals surface area contributed by atoms with Crippen molar-refractivity contribution in [3.05, 3.63) is 29.8 Å². The van der Waals surface area contributed by atoms with Crippen LogP contribution in [-0.4, -0.2) is 31.8 Å². The number of rotatable bonds is 6. The van der Waals surface area contributed by atoms with Crippen LogP contribution in [0.3, 0.4) is 0 Å². The van der Waals surface area contributed by atoms with Gasteiger partial charge in [0.2, 0.25) is 0 Å². The van der Waals surface area contributed by atoms with Crippen LogP contribution in [0.15, 0.2) is 34.2 Å². The summed E-state index contributed by atoms with van der Waals surface area (Å²) >= 11 is 1.82. The van der Waals surface area contributed by atoms with Crippen LogP contribution < -0.4 is 5.73 Å². The van der Waals surface area contributed by atoms with E-state index < -0.39 is 0 Å². The lowest BCUT2D eigenvalue weighted by atomic mass is 10.2. The Balaban J connectivity index is 2.62. The van der Waals surface area contributed by atoms with Crippen LogP contribution in [0.5, 0.6) is 0 Å². The Labute approximate surface area is 101 Å². The number of amidine groups is 1. The van der Waals surface area contributed by atoms with Crippen LogP contribution in [-0.2, 0) is 4.74 Å². The summed E-state index contributed by atoms with van der Waals surface area (Å²) in [6, 6.07) is 8.15. The van der Waals surface area contributed by atoms with E-state index in [4.69, 9.17) is 10.5 Å². The number of ether oxygens (including phenoxy) is 1. The average molecular weight is 238 g/mol. The highest BCUT2D eigenvalue weighted by molar-refractivity contribution is 7.99. The molecule has 0 saturated heterocycles. The zero-order valence-corrected chi connectivity index (χ0v) is 10.6. The van der Waals surface area contributed by atoms with Gasteiger partial charge >= 0.3 is 0 Å². The molecule has 2 N–H and O–H groups in total. The zero-order chi connectivity index (χ0) is 11.8. The largest absolute Gasteiger partial charge is 0.384 e. The SMILES string of the molecule is CCSc1ccc(C(N)=NCCOC)cc1. The monoisotopic (exact) mass is 238 g/mol. The third-order valence-corrected chi connectivity index (χ3v) is 2.93. The molecule has 0 atom stereocenters. The van der Waals surface area contributed by atoms with Crippen LogP contribution in [0.2, 0.25) is 0 Å². The number of thioether (sulfide) groups is 1. The summed E-state index contributed by atoms with van der Waals surface area (Å²) in [6.07, 6.45) is 0. The Morgan fingerprint density at radius 3 is 2.62 bits per heavy atom. The molecular formula is C12H18N2OS. The number of nitrogens with zero attached hydrogens (tertiary/aromatic N) is 1. The van der Waals surface area contributed by atoms with E-state index in [1.54, 1.807) is 7.11 Å². The van der Waals surface area contributed by atoms with Gasteiger partial charge in [0.25, 0.3) is 0 Å². The maximum atomic E-state index is 5.85. The lowest BCUT2D eigenvalue weighted by molar-refractivity contribution is 0.208. The van der Waals surface area contributed by atoms with Gasteiger partial charge in [-0.05, 0) is 17.9 Å². The first kappa shape index (κ1) is 13.1. The molecule has 1 rings (SSSR count). The van der Waals surface area contributed by atoms with E-state index in [-0.39, 0.29) is 0 Å². The number of methoxy groups -OCH3 is 1. The van der Waals surface area contributed by atoms with Crippen molar-refractivity contribution in [1.82, 2.24) is 0 Å². The molecule has 0 radical (unpaired) electrons. The Kier molecular flexibility index (Phi) is 5.96. The summed E-state index contributed by atoms with van der Waals surface area (Å²) in [5.41, 5.74) is 6.82. The highest BCUT2D eigenvalue weighted by Crippen LogP contribution is 2.17. The van der Waals surface area contributed by atoms with Gasteiger partial charge in [0.1, 0.15) is 5.84 Å². The van der Waals surface area contributed by atoms with Gasteiger partial charge in [0, 0.05) is 17.6 Å². The molecule has 0 bridgehead atoms. The van der Waals surface area contributed by atoms with Gasteiger partial charge in [-0.3, -0.25) is 4.99 Å². The summed E-state index contributed by atoms with van der Waals surface area (Å²) in [6.45, 7) is 3.34. The molecule has 0 unspecified atom stereocenters. The zero-order valence-electron chi connectivity index (χ0n) is 9.77. The Hall–Kier alpha value is -1.00. The summed E-state index contributed by atoms with van der Waals surface area (Å²) < 4.78 is 4.91. The van der Waals surface area contributed by atoms with Crippen LogP contribution >= 0.6 is 11.8 Å². The van der Waals surface area contributed by atoms with Gasteiger partial charge in [-0.1, -0.05) is 19.1 Å². The van der Waals surface area contributed by atoms with Crippen LogP contribution in [0.25, 0.3) is 0 Å². The number of nitrogens with two attached hydrogens (primary N) is 1. The van der Waals surface area contributed by atoms with E-state index in [2.05, 4.69) is 24.0 Å². The Bertz CT molecular complexity index is 335. The smallest absolute Gasteiger partial charge is 0.125 e. The van der Waals surface area contributed by atoms with Gasteiger partial charge in [-0.15, -0.1) is 11.8 Å². The molecule has 0 spiro atoms. The molecule has 3 nitrogen and oxygen atoms in total. The number of hydrogen-bond acceptors (Lipinski definition) is 3. The van der Waals surface area contributed by atoms with Gasteiger partial charge in [0.15, 0.2) is 0 Å². The average Bonchev–Trinajstić information content (AvgIpc) is 2.30. The van der Waals surface area contributed by atoms with Gasteiger partial charge in [-0.25, -0.2) is 0 Å². The van der Waals surface area contributed by atoms with Crippen molar-refractivity contribution in [2.24, 2.45) is 10.7 Å². The third kappa shape index (κ3) is 4.24. The van der Waals surface area contributed by atoms with E-state index in [1.165, 1.54) is 4.90 Å². The molecule has 0 aliphatic carbocycles. The summed E-state index contributed by atoms with van der Waals surface area (Å²) in [4.78, 5) is 5.48. The van der Waals surface area contributed by atoms with E-state index >= 15 is 0 Å². The molecule has 88 valence electrons. The second-order valence-corrected chi connectivity index (χ2v) is 4.55. The summed E-state index contributed by atoms with van der Waals surface area (Å²) in [7, 11) is 1.66. The normalized spacial score (nSPS) is 11.8. The molecule has 0 aromatic heterocycles. The molecule has 0 aliphatic rings. The van der Waals surface area contributed by atoms with Gasteiger partial charge in [-0.2, -0.15) is 0 Å². The van der Waals surface area contributed by atoms with Crippen molar-refractivity contribution in [3.8, 4) is 0 Å². The fourth-order valence-corrected chi connectivity index (χ4v) is 1.90. The van der Waals surface area contributed by atoms with Crippen molar-refractivity contribution < 1.29 is 4.74 Å². The van der Waals surface area contributed by atoms with Crippen LogP contribution in [0.4, 0.5) is 0 Å². The van der Waals surface area contributed by atoms with Crippen LogP contribution in [0.1, 0.15) is 12.5 Å². The maximum absolute atomic E-state index is 5.85. The van der Waals surface area contributed by atoms with Crippen molar-refractivity contribution >= 4 is 17.6 Å². The number of benzene rings is 1. The molecule has 0 heterocycles. The minimum atomic E-state index is 0.574. The molecular weight excluding hydrogens is 220 g/mol. The summed E-state index contributed by atoms with van der Waals surface area (Å²) in [5, 5.41) is 0. The molecule has 0 aliphatic heterocycles. The third-order valence-electron chi connectivity index (χ3n) is 2.04. The molecule has 4 heteroatoms. The molecule has 0 amide bonds. The fraction of sp³-hybridized carbons (Fsp3) is 0.417. The quantitative estimate of drug-likeness (QED) is 0.357. The van der Waals surface area contributed by atoms with Crippen LogP contribution in [0, 0.1) is 0 Å². The van der Waals surface area contributed by atoms with E-state index in [0.29, 0.717) is 19.0 Å². The topological polar surface area (TPSA) is 47.6 Å². The molecule has 0 fully saturated rings. The van der Waals surface area contributed by atoms with Gasteiger partial charge < -0.3 is 10.5 Å². The highest BCUT2D eigenvalue weighted by Gasteiger charge is 1.98. The molecule has 0 saturated carbocycles. The fourth-order valence-electron chi connectivity index (χ4n) is 1.24. The van der Waals surface area contributed by atoms with Crippen molar-refractivity contribution in [3.63, 3.8) is 0 Å². The lowest BCUT2D eigenvalue weighted by Gasteiger charge is -2.03. The van der Waals surface area contributed by atoms with E-state index in [0.717, 1.165) is 11.3 Å². The number of hydrogen-bond donors (Lipinski definition) is 1. The minimum absolute atomic E-state index is 0.574. The lowest BCUT2D eigenvalue weighted by Crippen LogP contribution is -2.14. The minimum Gasteiger partial charge on any atom is -0.384 e. The summed E-state index contributed by atoms with van der Waals surface area (Å²) in [5.74, 6) is 1.65. The number of aliphatic imine (C=N–C) groups is 1. The second kappa shape index (κ2) is 7.30. The molecule has 1 aromatic rings. The predicted molar refractivity (Wildman–Crippen MR) is 70.3 cm³/mol. The van der Waals surface area contributed by atoms with E-state index in [9.17, 15) is 0 Å². The Morgan fingerprint density at radius 1 is 1.38 bits per heavy atom. The van der Waals surface area contributed by atoms with Crippen molar-refractivity contribution in [1.29, 1.82) is 0 Å². The maximum Gasteiger partial charge on any atom is 0.125 e. The Morgan fingerprint density at radius 2 is 2.06 bits per heavy atom. The first-order valence-electron chi connectivity index (χ1n) is 5.30. The predicted octanol–water partition coefficient (Wildman–Crippen LogP) is 2.15. The first-order chi connectivity index (χ1) is 7.77. The van der Waals surface area contributed by atoms with Crippen molar-refractivity contribution in [2.75, 3.05) is 26.0 Å². The van der Waals surface area contributed by atoms with Gasteiger partial charge in [0.05, 0.1) is 13.2 Å². The highest BCUT2D eigenvalue weighted by atomic mass is 32.2. The second-order valence-electron chi connectivity index (χ2n) is 3.22. The van der Waals surface area contributed by atoms with E-state index in [1.807, 2.05) is 23.9 Å². The standard InChI is InChI=1S/C12H18N2OS/c1-3-16-11-6-4-10(5-7-11)12(13)14-8-9-15-2/h4-7H,3,8-9H2,1-2H3,(H2,13,14). The molecule has 1 aromatic carbocycles. The van der Waals surface area contributed by atoms with Crippen molar-refractivity contribution in [2.45, 2.75) is 11.8 Å².